The Balaban J connectivity index is 1.32. The van der Waals surface area contributed by atoms with Gasteiger partial charge in [-0.1, -0.05) is 0 Å². The van der Waals surface area contributed by atoms with Gasteiger partial charge in [0.2, 0.25) is 5.91 Å². The Hall–Kier alpha value is -1.40. The van der Waals surface area contributed by atoms with Crippen LogP contribution in [0.1, 0.15) is 44.2 Å². The number of rotatable bonds is 4. The lowest BCUT2D eigenvalue weighted by Crippen LogP contribution is -2.47. The Morgan fingerprint density at radius 1 is 1.28 bits per heavy atom. The minimum absolute atomic E-state index is 0.0948. The minimum atomic E-state index is -0.0948. The second-order valence-corrected chi connectivity index (χ2v) is 8.05. The van der Waals surface area contributed by atoms with Crippen molar-refractivity contribution in [3.63, 3.8) is 0 Å². The lowest BCUT2D eigenvalue weighted by Gasteiger charge is -2.40. The van der Waals surface area contributed by atoms with Crippen LogP contribution in [0.4, 0.5) is 0 Å². The summed E-state index contributed by atoms with van der Waals surface area (Å²) in [5, 5.41) is 4.33. The van der Waals surface area contributed by atoms with Crippen molar-refractivity contribution in [1.82, 2.24) is 19.6 Å². The van der Waals surface area contributed by atoms with Crippen molar-refractivity contribution in [3.8, 4) is 0 Å². The van der Waals surface area contributed by atoms with Gasteiger partial charge in [-0.15, -0.1) is 0 Å². The van der Waals surface area contributed by atoms with Gasteiger partial charge in [0.25, 0.3) is 0 Å². The molecule has 3 aliphatic heterocycles. The molecule has 0 aromatic carbocycles. The van der Waals surface area contributed by atoms with Crippen LogP contribution in [0.5, 0.6) is 0 Å². The van der Waals surface area contributed by atoms with E-state index in [2.05, 4.69) is 10.00 Å². The highest BCUT2D eigenvalue weighted by molar-refractivity contribution is 5.78. The summed E-state index contributed by atoms with van der Waals surface area (Å²) >= 11 is 0. The molecular formula is C19H30N4O2. The van der Waals surface area contributed by atoms with E-state index in [1.165, 1.54) is 38.8 Å². The normalized spacial score (nSPS) is 30.4. The topological polar surface area (TPSA) is 50.6 Å². The maximum atomic E-state index is 12.6. The predicted octanol–water partition coefficient (Wildman–Crippen LogP) is 1.60. The van der Waals surface area contributed by atoms with Crippen molar-refractivity contribution >= 4 is 5.91 Å². The Labute approximate surface area is 150 Å². The number of hydrogen-bond acceptors (Lipinski definition) is 4. The fraction of sp³-hybridized carbons (Fsp3) is 0.789. The van der Waals surface area contributed by atoms with Crippen LogP contribution in [-0.4, -0.2) is 69.9 Å². The standard InChI is InChI=1S/C19H30N4O2/c1-21-11-6-16(20-21)13-18(24)23-12-8-19(15-23)7-4-5-17(25-19)14-22-9-2-3-10-22/h6,11,17H,2-5,7-10,12-15H2,1H3/t17-,19-/m1/s1. The van der Waals surface area contributed by atoms with Gasteiger partial charge in [0, 0.05) is 32.9 Å². The van der Waals surface area contributed by atoms with Crippen LogP contribution in [0.15, 0.2) is 12.3 Å². The highest BCUT2D eigenvalue weighted by atomic mass is 16.5. The fourth-order valence-corrected chi connectivity index (χ4v) is 4.69. The maximum absolute atomic E-state index is 12.6. The van der Waals surface area contributed by atoms with Crippen LogP contribution in [0, 0.1) is 0 Å². The number of ether oxygens (including phenoxy) is 1. The van der Waals surface area contributed by atoms with Gasteiger partial charge in [-0.25, -0.2) is 0 Å². The van der Waals surface area contributed by atoms with Gasteiger partial charge in [-0.05, 0) is 57.7 Å². The average molecular weight is 346 g/mol. The molecule has 0 saturated carbocycles. The molecule has 1 aromatic rings. The Bertz CT molecular complexity index is 610. The van der Waals surface area contributed by atoms with E-state index in [9.17, 15) is 4.79 Å². The van der Waals surface area contributed by atoms with E-state index in [1.807, 2.05) is 24.2 Å². The third kappa shape index (κ3) is 3.90. The minimum Gasteiger partial charge on any atom is -0.369 e. The molecule has 0 N–H and O–H groups in total. The van der Waals surface area contributed by atoms with E-state index < -0.39 is 0 Å². The lowest BCUT2D eigenvalue weighted by molar-refractivity contribution is -0.140. The monoisotopic (exact) mass is 346 g/mol. The molecule has 4 heterocycles. The van der Waals surface area contributed by atoms with Crippen molar-refractivity contribution in [2.45, 2.75) is 56.7 Å². The summed E-state index contributed by atoms with van der Waals surface area (Å²) in [5.74, 6) is 0.181. The second-order valence-electron chi connectivity index (χ2n) is 8.05. The summed E-state index contributed by atoms with van der Waals surface area (Å²) in [6.45, 7) is 5.10. The molecule has 0 radical (unpaired) electrons. The van der Waals surface area contributed by atoms with Gasteiger partial charge in [-0.3, -0.25) is 9.48 Å². The third-order valence-electron chi connectivity index (χ3n) is 6.01. The van der Waals surface area contributed by atoms with E-state index >= 15 is 0 Å². The number of hydrogen-bond donors (Lipinski definition) is 0. The fourth-order valence-electron chi connectivity index (χ4n) is 4.69. The molecule has 25 heavy (non-hydrogen) atoms. The molecule has 4 rings (SSSR count). The van der Waals surface area contributed by atoms with E-state index in [0.717, 1.165) is 38.2 Å². The van der Waals surface area contributed by atoms with Crippen molar-refractivity contribution in [1.29, 1.82) is 0 Å². The van der Waals surface area contributed by atoms with Crippen LogP contribution in [0.3, 0.4) is 0 Å². The molecule has 6 heteroatoms. The molecule has 0 bridgehead atoms. The van der Waals surface area contributed by atoms with E-state index in [-0.39, 0.29) is 11.5 Å². The van der Waals surface area contributed by atoms with Gasteiger partial charge in [0.1, 0.15) is 0 Å². The molecule has 1 amide bonds. The lowest BCUT2D eigenvalue weighted by atomic mass is 9.90. The van der Waals surface area contributed by atoms with E-state index in [4.69, 9.17) is 4.74 Å². The molecule has 3 aliphatic rings. The van der Waals surface area contributed by atoms with Crippen LogP contribution >= 0.6 is 0 Å². The molecule has 6 nitrogen and oxygen atoms in total. The maximum Gasteiger partial charge on any atom is 0.228 e. The first kappa shape index (κ1) is 17.0. The van der Waals surface area contributed by atoms with Gasteiger partial charge in [0.15, 0.2) is 0 Å². The van der Waals surface area contributed by atoms with Gasteiger partial charge in [-0.2, -0.15) is 5.10 Å². The molecule has 0 unspecified atom stereocenters. The third-order valence-corrected chi connectivity index (χ3v) is 6.01. The molecule has 3 saturated heterocycles. The summed E-state index contributed by atoms with van der Waals surface area (Å²) in [5.41, 5.74) is 0.757. The number of carbonyl (C=O) groups excluding carboxylic acids is 1. The van der Waals surface area contributed by atoms with Crippen LogP contribution in [0.25, 0.3) is 0 Å². The smallest absolute Gasteiger partial charge is 0.228 e. The molecule has 0 aliphatic carbocycles. The Morgan fingerprint density at radius 3 is 2.88 bits per heavy atom. The number of nitrogens with zero attached hydrogens (tertiary/aromatic N) is 4. The molecule has 1 aromatic heterocycles. The zero-order valence-electron chi connectivity index (χ0n) is 15.3. The summed E-state index contributed by atoms with van der Waals surface area (Å²) in [7, 11) is 1.88. The quantitative estimate of drug-likeness (QED) is 0.831. The van der Waals surface area contributed by atoms with Crippen molar-refractivity contribution in [3.05, 3.63) is 18.0 Å². The summed E-state index contributed by atoms with van der Waals surface area (Å²) < 4.78 is 8.33. The summed E-state index contributed by atoms with van der Waals surface area (Å²) in [4.78, 5) is 17.2. The summed E-state index contributed by atoms with van der Waals surface area (Å²) in [6, 6.07) is 1.92. The van der Waals surface area contributed by atoms with Gasteiger partial charge >= 0.3 is 0 Å². The zero-order chi connectivity index (χ0) is 17.3. The number of carbonyl (C=O) groups is 1. The first-order chi connectivity index (χ1) is 12.1. The Kier molecular flexibility index (Phi) is 4.82. The van der Waals surface area contributed by atoms with Gasteiger partial charge < -0.3 is 14.5 Å². The largest absolute Gasteiger partial charge is 0.369 e. The first-order valence-corrected chi connectivity index (χ1v) is 9.78. The molecule has 3 fully saturated rings. The van der Waals surface area contributed by atoms with E-state index in [1.54, 1.807) is 4.68 Å². The number of amides is 1. The molecular weight excluding hydrogens is 316 g/mol. The highest BCUT2D eigenvalue weighted by Gasteiger charge is 2.44. The second kappa shape index (κ2) is 7.08. The Morgan fingerprint density at radius 2 is 2.12 bits per heavy atom. The van der Waals surface area contributed by atoms with Crippen molar-refractivity contribution < 1.29 is 9.53 Å². The van der Waals surface area contributed by atoms with Crippen LogP contribution in [0.2, 0.25) is 0 Å². The van der Waals surface area contributed by atoms with Crippen LogP contribution < -0.4 is 0 Å². The predicted molar refractivity (Wildman–Crippen MR) is 95.2 cm³/mol. The zero-order valence-corrected chi connectivity index (χ0v) is 15.3. The van der Waals surface area contributed by atoms with Crippen molar-refractivity contribution in [2.24, 2.45) is 7.05 Å². The highest BCUT2D eigenvalue weighted by Crippen LogP contribution is 2.37. The van der Waals surface area contributed by atoms with Gasteiger partial charge in [0.05, 0.1) is 23.8 Å². The summed E-state index contributed by atoms with van der Waals surface area (Å²) in [6.07, 6.45) is 9.75. The van der Waals surface area contributed by atoms with E-state index in [0.29, 0.717) is 12.5 Å². The first-order valence-electron chi connectivity index (χ1n) is 9.78. The average Bonchev–Trinajstić information content (AvgIpc) is 3.31. The number of aryl methyl sites for hydroxylation is 1. The van der Waals surface area contributed by atoms with Crippen molar-refractivity contribution in [2.75, 3.05) is 32.7 Å². The SMILES string of the molecule is Cn1ccc(CC(=O)N2CC[C@]3(CCC[C@H](CN4CCCC4)O3)C2)n1. The molecule has 138 valence electrons. The van der Waals surface area contributed by atoms with Crippen LogP contribution in [-0.2, 0) is 23.0 Å². The number of aromatic nitrogens is 2. The molecule has 2 atom stereocenters. The number of likely N-dealkylation sites (tertiary alicyclic amines) is 2. The molecule has 1 spiro atoms.